The van der Waals surface area contributed by atoms with E-state index in [2.05, 4.69) is 34.8 Å². The van der Waals surface area contributed by atoms with E-state index in [1.54, 1.807) is 0 Å². The smallest absolute Gasteiger partial charge is 0.252 e. The number of unbranched alkanes of at least 4 members (excludes halogenated alkanes) is 1. The number of carbonyl (C=O) groups is 1. The molecule has 0 fully saturated rings. The molecular weight excluding hydrogens is 327 g/mol. The van der Waals surface area contributed by atoms with Crippen molar-refractivity contribution in [3.05, 3.63) is 33.4 Å². The van der Waals surface area contributed by atoms with E-state index in [9.17, 15) is 4.79 Å². The Labute approximate surface area is 116 Å². The van der Waals surface area contributed by atoms with Gasteiger partial charge in [0.15, 0.2) is 0 Å². The summed E-state index contributed by atoms with van der Waals surface area (Å²) in [4.78, 5) is 12.0. The van der Waals surface area contributed by atoms with Gasteiger partial charge in [-0.2, -0.15) is 0 Å². The van der Waals surface area contributed by atoms with E-state index in [1.807, 2.05) is 24.3 Å². The zero-order chi connectivity index (χ0) is 12.7. The fourth-order valence-electron chi connectivity index (χ4n) is 1.61. The van der Waals surface area contributed by atoms with Crippen LogP contribution in [0.25, 0.3) is 0 Å². The molecule has 0 heterocycles. The minimum Gasteiger partial charge on any atom is -0.348 e. The van der Waals surface area contributed by atoms with Crippen molar-refractivity contribution in [2.45, 2.75) is 32.2 Å². The summed E-state index contributed by atoms with van der Waals surface area (Å²) < 4.78 is 0.967. The fourth-order valence-corrected chi connectivity index (χ4v) is 2.24. The van der Waals surface area contributed by atoms with Crippen molar-refractivity contribution in [1.29, 1.82) is 0 Å². The van der Waals surface area contributed by atoms with Crippen LogP contribution in [0.2, 0.25) is 0 Å². The molecule has 4 heteroatoms. The molecule has 0 radical (unpaired) electrons. The number of nitrogens with one attached hydrogen (secondary N) is 1. The number of amides is 1. The molecule has 0 spiro atoms. The number of hydrogen-bond acceptors (Lipinski definition) is 2. The predicted octanol–water partition coefficient (Wildman–Crippen LogP) is 2.54. The standard InChI is InChI=1S/C13H19IN2O/c1-2-3-6-10(9-15)16-13(17)11-7-4-5-8-12(11)14/h4-5,7-8,10H,2-3,6,9,15H2,1H3,(H,16,17). The molecule has 0 aromatic heterocycles. The van der Waals surface area contributed by atoms with Gasteiger partial charge in [-0.1, -0.05) is 31.9 Å². The second kappa shape index (κ2) is 7.66. The second-order valence-corrected chi connectivity index (χ2v) is 5.19. The van der Waals surface area contributed by atoms with Gasteiger partial charge >= 0.3 is 0 Å². The molecule has 17 heavy (non-hydrogen) atoms. The van der Waals surface area contributed by atoms with E-state index in [-0.39, 0.29) is 11.9 Å². The molecule has 0 bridgehead atoms. The van der Waals surface area contributed by atoms with E-state index in [1.165, 1.54) is 0 Å². The van der Waals surface area contributed by atoms with Gasteiger partial charge in [-0.05, 0) is 41.1 Å². The van der Waals surface area contributed by atoms with E-state index < -0.39 is 0 Å². The highest BCUT2D eigenvalue weighted by atomic mass is 127. The van der Waals surface area contributed by atoms with Crippen LogP contribution < -0.4 is 11.1 Å². The van der Waals surface area contributed by atoms with Gasteiger partial charge in [0.25, 0.3) is 5.91 Å². The van der Waals surface area contributed by atoms with E-state index in [0.29, 0.717) is 6.54 Å². The molecule has 1 rings (SSSR count). The summed E-state index contributed by atoms with van der Waals surface area (Å²) in [5.41, 5.74) is 6.39. The summed E-state index contributed by atoms with van der Waals surface area (Å²) in [7, 11) is 0. The van der Waals surface area contributed by atoms with Crippen LogP contribution in [0.3, 0.4) is 0 Å². The molecule has 0 saturated heterocycles. The van der Waals surface area contributed by atoms with Gasteiger partial charge in [-0.3, -0.25) is 4.79 Å². The maximum Gasteiger partial charge on any atom is 0.252 e. The van der Waals surface area contributed by atoms with Crippen LogP contribution >= 0.6 is 22.6 Å². The highest BCUT2D eigenvalue weighted by Crippen LogP contribution is 2.11. The molecule has 1 aromatic rings. The molecule has 1 aromatic carbocycles. The van der Waals surface area contributed by atoms with Crippen molar-refractivity contribution in [3.8, 4) is 0 Å². The third-order valence-electron chi connectivity index (χ3n) is 2.64. The van der Waals surface area contributed by atoms with Gasteiger partial charge in [0, 0.05) is 16.2 Å². The summed E-state index contributed by atoms with van der Waals surface area (Å²) in [6, 6.07) is 7.65. The third-order valence-corrected chi connectivity index (χ3v) is 3.59. The first-order valence-corrected chi connectivity index (χ1v) is 7.02. The minimum atomic E-state index is -0.0263. The molecule has 1 atom stereocenters. The molecule has 1 amide bonds. The Bertz CT molecular complexity index is 368. The Morgan fingerprint density at radius 2 is 2.18 bits per heavy atom. The molecule has 94 valence electrons. The maximum absolute atomic E-state index is 12.0. The van der Waals surface area contributed by atoms with Crippen LogP contribution in [0.15, 0.2) is 24.3 Å². The lowest BCUT2D eigenvalue weighted by Crippen LogP contribution is -2.40. The summed E-state index contributed by atoms with van der Waals surface area (Å²) in [5, 5.41) is 2.99. The SMILES string of the molecule is CCCCC(CN)NC(=O)c1ccccc1I. The first kappa shape index (κ1) is 14.4. The normalized spacial score (nSPS) is 12.2. The fraction of sp³-hybridized carbons (Fsp3) is 0.462. The highest BCUT2D eigenvalue weighted by Gasteiger charge is 2.13. The van der Waals surface area contributed by atoms with E-state index >= 15 is 0 Å². The first-order valence-electron chi connectivity index (χ1n) is 5.94. The number of carbonyl (C=O) groups excluding carboxylic acids is 1. The number of nitrogens with two attached hydrogens (primary N) is 1. The van der Waals surface area contributed by atoms with Crippen molar-refractivity contribution in [2.75, 3.05) is 6.54 Å². The lowest BCUT2D eigenvalue weighted by molar-refractivity contribution is 0.0935. The zero-order valence-corrected chi connectivity index (χ0v) is 12.2. The lowest BCUT2D eigenvalue weighted by atomic mass is 10.1. The van der Waals surface area contributed by atoms with Crippen molar-refractivity contribution in [2.24, 2.45) is 5.73 Å². The van der Waals surface area contributed by atoms with Crippen molar-refractivity contribution in [3.63, 3.8) is 0 Å². The topological polar surface area (TPSA) is 55.1 Å². The van der Waals surface area contributed by atoms with Crippen LogP contribution in [0.5, 0.6) is 0 Å². The molecule has 3 N–H and O–H groups in total. The van der Waals surface area contributed by atoms with E-state index in [4.69, 9.17) is 5.73 Å². The summed E-state index contributed by atoms with van der Waals surface area (Å²) >= 11 is 2.17. The monoisotopic (exact) mass is 346 g/mol. The molecule has 0 aliphatic rings. The summed E-state index contributed by atoms with van der Waals surface area (Å²) in [6.45, 7) is 2.63. The minimum absolute atomic E-state index is 0.0263. The number of rotatable bonds is 6. The predicted molar refractivity (Wildman–Crippen MR) is 79.0 cm³/mol. The number of hydrogen-bond donors (Lipinski definition) is 2. The second-order valence-electron chi connectivity index (χ2n) is 4.03. The molecule has 1 unspecified atom stereocenters. The maximum atomic E-state index is 12.0. The Hall–Kier alpha value is -0.620. The van der Waals surface area contributed by atoms with Gasteiger partial charge in [0.2, 0.25) is 0 Å². The van der Waals surface area contributed by atoms with Crippen LogP contribution in [0, 0.1) is 3.57 Å². The molecule has 0 aliphatic heterocycles. The van der Waals surface area contributed by atoms with Gasteiger partial charge in [-0.15, -0.1) is 0 Å². The average Bonchev–Trinajstić information content (AvgIpc) is 2.34. The van der Waals surface area contributed by atoms with Gasteiger partial charge in [0.1, 0.15) is 0 Å². The van der Waals surface area contributed by atoms with Crippen LogP contribution in [-0.2, 0) is 0 Å². The van der Waals surface area contributed by atoms with Crippen molar-refractivity contribution in [1.82, 2.24) is 5.32 Å². The Morgan fingerprint density at radius 1 is 1.47 bits per heavy atom. The van der Waals surface area contributed by atoms with Gasteiger partial charge < -0.3 is 11.1 Å². The third kappa shape index (κ3) is 4.63. The Kier molecular flexibility index (Phi) is 6.50. The Morgan fingerprint density at radius 3 is 2.76 bits per heavy atom. The van der Waals surface area contributed by atoms with Crippen molar-refractivity contribution < 1.29 is 4.79 Å². The summed E-state index contributed by atoms with van der Waals surface area (Å²) in [5.74, 6) is -0.0263. The Balaban J connectivity index is 2.61. The largest absolute Gasteiger partial charge is 0.348 e. The molecule has 3 nitrogen and oxygen atoms in total. The molecule has 0 saturated carbocycles. The molecule has 0 aliphatic carbocycles. The zero-order valence-electron chi connectivity index (χ0n) is 10.1. The molecular formula is C13H19IN2O. The van der Waals surface area contributed by atoms with Crippen LogP contribution in [0.4, 0.5) is 0 Å². The first-order chi connectivity index (χ1) is 8.19. The number of halogens is 1. The quantitative estimate of drug-likeness (QED) is 0.778. The summed E-state index contributed by atoms with van der Waals surface area (Å²) in [6.07, 6.45) is 3.16. The number of benzene rings is 1. The van der Waals surface area contributed by atoms with Gasteiger partial charge in [-0.25, -0.2) is 0 Å². The van der Waals surface area contributed by atoms with Gasteiger partial charge in [0.05, 0.1) is 5.56 Å². The lowest BCUT2D eigenvalue weighted by Gasteiger charge is -2.16. The van der Waals surface area contributed by atoms with E-state index in [0.717, 1.165) is 28.4 Å². The van der Waals surface area contributed by atoms with Crippen LogP contribution in [-0.4, -0.2) is 18.5 Å². The van der Waals surface area contributed by atoms with Crippen molar-refractivity contribution >= 4 is 28.5 Å². The average molecular weight is 346 g/mol. The highest BCUT2D eigenvalue weighted by molar-refractivity contribution is 14.1. The van der Waals surface area contributed by atoms with Crippen LogP contribution in [0.1, 0.15) is 36.5 Å².